The third-order valence-corrected chi connectivity index (χ3v) is 5.24. The van der Waals surface area contributed by atoms with Crippen molar-refractivity contribution in [2.75, 3.05) is 18.8 Å². The van der Waals surface area contributed by atoms with Gasteiger partial charge < -0.3 is 19.3 Å². The number of hydrogen-bond acceptors (Lipinski definition) is 9. The second-order valence-electron chi connectivity index (χ2n) is 6.57. The molecule has 0 aromatic carbocycles. The molecular formula is C17H24ClN5O4S. The van der Waals surface area contributed by atoms with E-state index in [9.17, 15) is 5.11 Å². The highest BCUT2D eigenvalue weighted by Crippen LogP contribution is 2.45. The van der Waals surface area contributed by atoms with Crippen molar-refractivity contribution in [1.29, 1.82) is 0 Å². The van der Waals surface area contributed by atoms with E-state index >= 15 is 0 Å². The van der Waals surface area contributed by atoms with Gasteiger partial charge in [0.05, 0.1) is 30.7 Å². The first kappa shape index (κ1) is 10.8. The lowest BCUT2D eigenvalue weighted by atomic mass is 10.2. The van der Waals surface area contributed by atoms with Gasteiger partial charge in [0.2, 0.25) is 0 Å². The molecule has 0 radical (unpaired) electrons. The summed E-state index contributed by atoms with van der Waals surface area (Å²) >= 11 is 6.35. The Kier molecular flexibility index (Phi) is 3.09. The molecule has 9 nitrogen and oxygen atoms in total. The van der Waals surface area contributed by atoms with E-state index in [1.165, 1.54) is 4.68 Å². The SMILES string of the molecule is [2H]C([2H])([2H])C([2H])([2H])C([2H])([2H])Sc1nc(Cl)c2nnn([C@@H]3C[C@H](OC([2H])([2H])C([2H])([2H])O)[C@H]4OC(C)(C)O[C@H]43)c2n1. The Morgan fingerprint density at radius 2 is 2.25 bits per heavy atom. The van der Waals surface area contributed by atoms with Crippen LogP contribution >= 0.6 is 23.4 Å². The van der Waals surface area contributed by atoms with Gasteiger partial charge in [-0.15, -0.1) is 5.10 Å². The maximum absolute atomic E-state index is 9.61. The molecule has 2 fully saturated rings. The van der Waals surface area contributed by atoms with Crippen LogP contribution in [-0.2, 0) is 14.2 Å². The second-order valence-corrected chi connectivity index (χ2v) is 7.70. The molecule has 1 saturated carbocycles. The number of hydrogen-bond donors (Lipinski definition) is 1. The number of nitrogens with zero attached hydrogens (tertiary/aromatic N) is 5. The summed E-state index contributed by atoms with van der Waals surface area (Å²) < 4.78 is 103. The zero-order valence-corrected chi connectivity index (χ0v) is 16.3. The fourth-order valence-corrected chi connectivity index (χ4v) is 4.15. The quantitative estimate of drug-likeness (QED) is 0.394. The van der Waals surface area contributed by atoms with Crippen LogP contribution in [0.2, 0.25) is 5.15 Å². The van der Waals surface area contributed by atoms with E-state index < -0.39 is 67.3 Å². The van der Waals surface area contributed by atoms with Crippen molar-refractivity contribution >= 4 is 34.5 Å². The van der Waals surface area contributed by atoms with Gasteiger partial charge in [0.1, 0.15) is 12.2 Å². The van der Waals surface area contributed by atoms with Crippen LogP contribution < -0.4 is 0 Å². The summed E-state index contributed by atoms with van der Waals surface area (Å²) in [6, 6.07) is -0.804. The van der Waals surface area contributed by atoms with Gasteiger partial charge in [-0.05, 0) is 20.2 Å². The van der Waals surface area contributed by atoms with Crippen molar-refractivity contribution in [3.63, 3.8) is 0 Å². The molecule has 3 heterocycles. The summed E-state index contributed by atoms with van der Waals surface area (Å²) in [4.78, 5) is 8.13. The highest BCUT2D eigenvalue weighted by atomic mass is 35.5. The molecule has 28 heavy (non-hydrogen) atoms. The molecule has 2 aromatic heterocycles. The third kappa shape index (κ3) is 3.73. The number of fused-ring (bicyclic) bond motifs is 2. The molecule has 0 unspecified atom stereocenters. The van der Waals surface area contributed by atoms with Gasteiger partial charge in [0, 0.05) is 21.7 Å². The molecule has 1 N–H and O–H groups in total. The van der Waals surface area contributed by atoms with Crippen molar-refractivity contribution in [3.05, 3.63) is 5.15 Å². The number of rotatable bonds is 7. The van der Waals surface area contributed by atoms with Crippen molar-refractivity contribution in [2.24, 2.45) is 0 Å². The number of ether oxygens (including phenoxy) is 3. The van der Waals surface area contributed by atoms with Gasteiger partial charge in [0.25, 0.3) is 0 Å². The van der Waals surface area contributed by atoms with Crippen LogP contribution in [0, 0.1) is 0 Å². The van der Waals surface area contributed by atoms with E-state index in [2.05, 4.69) is 20.3 Å². The predicted molar refractivity (Wildman–Crippen MR) is 103 cm³/mol. The minimum atomic E-state index is -3.33. The van der Waals surface area contributed by atoms with Crippen LogP contribution in [0.5, 0.6) is 0 Å². The fraction of sp³-hybridized carbons (Fsp3) is 0.765. The third-order valence-electron chi connectivity index (χ3n) is 4.41. The number of thioether (sulfide) groups is 1. The summed E-state index contributed by atoms with van der Waals surface area (Å²) in [6.07, 6.45) is -6.23. The van der Waals surface area contributed by atoms with Crippen LogP contribution in [0.4, 0.5) is 0 Å². The molecule has 0 spiro atoms. The average Bonchev–Trinajstić information content (AvgIpc) is 3.37. The first-order valence-corrected chi connectivity index (χ1v) is 9.40. The maximum atomic E-state index is 9.61. The molecule has 1 saturated heterocycles. The van der Waals surface area contributed by atoms with Gasteiger partial charge in [-0.3, -0.25) is 0 Å². The van der Waals surface area contributed by atoms with Gasteiger partial charge in [-0.1, -0.05) is 35.4 Å². The number of aromatic nitrogens is 5. The summed E-state index contributed by atoms with van der Waals surface area (Å²) in [7, 11) is 0. The highest BCUT2D eigenvalue weighted by Gasteiger charge is 2.56. The molecule has 1 aliphatic heterocycles. The predicted octanol–water partition coefficient (Wildman–Crippen LogP) is 2.22. The lowest BCUT2D eigenvalue weighted by Crippen LogP contribution is -2.31. The summed E-state index contributed by atoms with van der Waals surface area (Å²) in [5, 5.41) is 17.0. The molecule has 154 valence electrons. The van der Waals surface area contributed by atoms with Crippen LogP contribution in [0.3, 0.4) is 0 Å². The standard InChI is InChI=1S/C17H24ClN5O4S/c1-4-7-28-16-19-14(18)11-15(20-16)23(22-21-11)9-8-10(25-6-5-24)13-12(9)26-17(2,3)27-13/h9-10,12-13,24H,4-8H2,1-3H3/t9-,10+,12+,13-/m1/s1/i1D3,4D2,5D2,6D2,7D2. The average molecular weight is 441 g/mol. The Morgan fingerprint density at radius 1 is 1.43 bits per heavy atom. The van der Waals surface area contributed by atoms with E-state index in [1.807, 2.05) is 0 Å². The number of halogens is 1. The Balaban J connectivity index is 1.72. The van der Waals surface area contributed by atoms with E-state index in [1.54, 1.807) is 13.8 Å². The van der Waals surface area contributed by atoms with Crippen molar-refractivity contribution < 1.29 is 34.4 Å². The van der Waals surface area contributed by atoms with Crippen LogP contribution in [0.1, 0.15) is 54.6 Å². The highest BCUT2D eigenvalue weighted by molar-refractivity contribution is 7.99. The minimum Gasteiger partial charge on any atom is -0.394 e. The van der Waals surface area contributed by atoms with Gasteiger partial charge in [0.15, 0.2) is 27.3 Å². The van der Waals surface area contributed by atoms with E-state index in [4.69, 9.17) is 40.9 Å². The van der Waals surface area contributed by atoms with Crippen molar-refractivity contribution in [2.45, 2.75) is 68.8 Å². The fourth-order valence-electron chi connectivity index (χ4n) is 3.48. The van der Waals surface area contributed by atoms with E-state index in [0.29, 0.717) is 0 Å². The molecule has 2 aromatic rings. The first-order chi connectivity index (χ1) is 17.5. The van der Waals surface area contributed by atoms with E-state index in [0.717, 1.165) is 0 Å². The Bertz CT molecular complexity index is 1260. The molecule has 0 amide bonds. The summed E-state index contributed by atoms with van der Waals surface area (Å²) in [6.45, 7) is -6.53. The molecule has 4 atom stereocenters. The Morgan fingerprint density at radius 3 is 3.04 bits per heavy atom. The monoisotopic (exact) mass is 440 g/mol. The molecule has 2 aliphatic rings. The van der Waals surface area contributed by atoms with Crippen LogP contribution in [-0.4, -0.2) is 73.0 Å². The molecular weight excluding hydrogens is 406 g/mol. The molecule has 4 rings (SSSR count). The minimum absolute atomic E-state index is 0.0125. The topological polar surface area (TPSA) is 104 Å². The summed E-state index contributed by atoms with van der Waals surface area (Å²) in [5.41, 5.74) is -3.06. The molecule has 11 heteroatoms. The van der Waals surface area contributed by atoms with E-state index in [-0.39, 0.29) is 34.5 Å². The zero-order valence-electron chi connectivity index (χ0n) is 25.7. The smallest absolute Gasteiger partial charge is 0.191 e. The normalized spacial score (nSPS) is 37.2. The summed E-state index contributed by atoms with van der Waals surface area (Å²) in [5.74, 6) is -1.15. The molecule has 0 bridgehead atoms. The van der Waals surface area contributed by atoms with Crippen molar-refractivity contribution in [1.82, 2.24) is 25.0 Å². The van der Waals surface area contributed by atoms with Crippen molar-refractivity contribution in [3.8, 4) is 0 Å². The second kappa shape index (κ2) is 8.00. The van der Waals surface area contributed by atoms with Crippen LogP contribution in [0.25, 0.3) is 11.2 Å². The lowest BCUT2D eigenvalue weighted by Gasteiger charge is -2.23. The first-order valence-electron chi connectivity index (χ1n) is 13.7. The largest absolute Gasteiger partial charge is 0.394 e. The van der Waals surface area contributed by atoms with Gasteiger partial charge in [-0.25, -0.2) is 14.6 Å². The maximum Gasteiger partial charge on any atom is 0.191 e. The van der Waals surface area contributed by atoms with Crippen LogP contribution in [0.15, 0.2) is 5.16 Å². The molecule has 1 aliphatic carbocycles. The Labute approximate surface area is 187 Å². The number of aliphatic hydroxyl groups is 1. The van der Waals surface area contributed by atoms with Gasteiger partial charge >= 0.3 is 0 Å². The lowest BCUT2D eigenvalue weighted by molar-refractivity contribution is -0.171. The zero-order chi connectivity index (χ0) is 29.6. The Hall–Kier alpha value is -1.04. The van der Waals surface area contributed by atoms with Gasteiger partial charge in [-0.2, -0.15) is 0 Å².